The van der Waals surface area contributed by atoms with Gasteiger partial charge in [0.25, 0.3) is 0 Å². The molecule has 0 aliphatic carbocycles. The first-order chi connectivity index (χ1) is 6.15. The molecule has 0 aromatic heterocycles. The van der Waals surface area contributed by atoms with Crippen LogP contribution in [0.4, 0.5) is 0 Å². The lowest BCUT2D eigenvalue weighted by Gasteiger charge is -2.11. The Kier molecular flexibility index (Phi) is 3.32. The van der Waals surface area contributed by atoms with E-state index in [4.69, 9.17) is 10.5 Å². The van der Waals surface area contributed by atoms with Crippen molar-refractivity contribution in [1.29, 1.82) is 0 Å². The third-order valence-corrected chi connectivity index (χ3v) is 2.04. The summed E-state index contributed by atoms with van der Waals surface area (Å²) in [5.41, 5.74) is 8.05. The molecule has 0 aliphatic heterocycles. The molecule has 2 heteroatoms. The Morgan fingerprint density at radius 3 is 2.69 bits per heavy atom. The van der Waals surface area contributed by atoms with Gasteiger partial charge in [0.1, 0.15) is 5.75 Å². The molecule has 2 N–H and O–H groups in total. The Balaban J connectivity index is 2.97. The Labute approximate surface area is 79.7 Å². The van der Waals surface area contributed by atoms with E-state index < -0.39 is 0 Å². The smallest absolute Gasteiger partial charge is 0.122 e. The summed E-state index contributed by atoms with van der Waals surface area (Å²) < 4.78 is 5.47. The van der Waals surface area contributed by atoms with Crippen LogP contribution in [-0.4, -0.2) is 6.61 Å². The van der Waals surface area contributed by atoms with Crippen molar-refractivity contribution < 1.29 is 4.74 Å². The molecule has 0 fully saturated rings. The maximum absolute atomic E-state index is 5.77. The molecule has 2 nitrogen and oxygen atoms in total. The maximum atomic E-state index is 5.77. The molecule has 0 spiro atoms. The summed E-state index contributed by atoms with van der Waals surface area (Å²) >= 11 is 0. The predicted molar refractivity (Wildman–Crippen MR) is 55.0 cm³/mol. The number of benzene rings is 1. The second-order valence-corrected chi connectivity index (χ2v) is 3.25. The van der Waals surface area contributed by atoms with Gasteiger partial charge < -0.3 is 10.5 Å². The van der Waals surface area contributed by atoms with E-state index in [1.165, 1.54) is 0 Å². The van der Waals surface area contributed by atoms with Gasteiger partial charge in [-0.3, -0.25) is 0 Å². The van der Waals surface area contributed by atoms with E-state index in [9.17, 15) is 0 Å². The topological polar surface area (TPSA) is 35.2 Å². The van der Waals surface area contributed by atoms with Gasteiger partial charge in [-0.1, -0.05) is 12.1 Å². The van der Waals surface area contributed by atoms with E-state index in [2.05, 4.69) is 0 Å². The average Bonchev–Trinajstić information content (AvgIpc) is 2.08. The fourth-order valence-electron chi connectivity index (χ4n) is 1.21. The molecule has 72 valence electrons. The molecule has 1 unspecified atom stereocenters. The highest BCUT2D eigenvalue weighted by Gasteiger charge is 2.03. The summed E-state index contributed by atoms with van der Waals surface area (Å²) in [7, 11) is 0. The third-order valence-electron chi connectivity index (χ3n) is 2.04. The monoisotopic (exact) mass is 179 g/mol. The van der Waals surface area contributed by atoms with E-state index in [1.54, 1.807) is 0 Å². The average molecular weight is 179 g/mol. The van der Waals surface area contributed by atoms with Crippen LogP contribution in [0.25, 0.3) is 0 Å². The zero-order valence-electron chi connectivity index (χ0n) is 8.50. The number of ether oxygens (including phenoxy) is 1. The molecule has 1 rings (SSSR count). The van der Waals surface area contributed by atoms with E-state index in [-0.39, 0.29) is 6.04 Å². The summed E-state index contributed by atoms with van der Waals surface area (Å²) in [6.07, 6.45) is 0. The van der Waals surface area contributed by atoms with Crippen molar-refractivity contribution in [2.24, 2.45) is 5.73 Å². The van der Waals surface area contributed by atoms with Crippen molar-refractivity contribution in [2.75, 3.05) is 6.61 Å². The minimum absolute atomic E-state index is 0.0693. The Morgan fingerprint density at radius 2 is 2.15 bits per heavy atom. The lowest BCUT2D eigenvalue weighted by molar-refractivity contribution is 0.337. The number of hydrogen-bond acceptors (Lipinski definition) is 2. The molecule has 13 heavy (non-hydrogen) atoms. The SMILES string of the molecule is CCOc1cc(C(C)N)ccc1C. The van der Waals surface area contributed by atoms with Gasteiger partial charge in [0.15, 0.2) is 0 Å². The first kappa shape index (κ1) is 10.1. The number of rotatable bonds is 3. The van der Waals surface area contributed by atoms with Crippen LogP contribution in [0.3, 0.4) is 0 Å². The molecule has 0 amide bonds. The van der Waals surface area contributed by atoms with E-state index in [1.807, 2.05) is 39.0 Å². The van der Waals surface area contributed by atoms with E-state index in [0.717, 1.165) is 16.9 Å². The highest BCUT2D eigenvalue weighted by molar-refractivity contribution is 5.37. The molecule has 1 aromatic rings. The fraction of sp³-hybridized carbons (Fsp3) is 0.455. The molecule has 0 bridgehead atoms. The number of aryl methyl sites for hydroxylation is 1. The summed E-state index contributed by atoms with van der Waals surface area (Å²) in [6, 6.07) is 6.18. The van der Waals surface area contributed by atoms with Crippen molar-refractivity contribution in [2.45, 2.75) is 26.8 Å². The van der Waals surface area contributed by atoms with E-state index in [0.29, 0.717) is 6.61 Å². The van der Waals surface area contributed by atoms with Gasteiger partial charge in [0.05, 0.1) is 6.61 Å². The van der Waals surface area contributed by atoms with Gasteiger partial charge in [-0.15, -0.1) is 0 Å². The highest BCUT2D eigenvalue weighted by atomic mass is 16.5. The molecule has 0 aliphatic rings. The number of hydrogen-bond donors (Lipinski definition) is 1. The molecule has 1 atom stereocenters. The van der Waals surface area contributed by atoms with Crippen LogP contribution in [0.1, 0.15) is 31.0 Å². The Morgan fingerprint density at radius 1 is 1.46 bits per heavy atom. The third kappa shape index (κ3) is 2.46. The van der Waals surface area contributed by atoms with Crippen molar-refractivity contribution in [3.63, 3.8) is 0 Å². The minimum Gasteiger partial charge on any atom is -0.494 e. The largest absolute Gasteiger partial charge is 0.494 e. The number of nitrogens with two attached hydrogens (primary N) is 1. The summed E-state index contributed by atoms with van der Waals surface area (Å²) in [4.78, 5) is 0. The van der Waals surface area contributed by atoms with E-state index >= 15 is 0 Å². The maximum Gasteiger partial charge on any atom is 0.122 e. The second-order valence-electron chi connectivity index (χ2n) is 3.25. The molecule has 0 radical (unpaired) electrons. The summed E-state index contributed by atoms with van der Waals surface area (Å²) in [5, 5.41) is 0. The lowest BCUT2D eigenvalue weighted by atomic mass is 10.1. The van der Waals surface area contributed by atoms with Crippen LogP contribution in [0.15, 0.2) is 18.2 Å². The lowest BCUT2D eigenvalue weighted by Crippen LogP contribution is -2.05. The minimum atomic E-state index is 0.0693. The van der Waals surface area contributed by atoms with Crippen LogP contribution in [0.5, 0.6) is 5.75 Å². The first-order valence-corrected chi connectivity index (χ1v) is 4.64. The second kappa shape index (κ2) is 4.28. The molecule has 0 saturated carbocycles. The van der Waals surface area contributed by atoms with Gasteiger partial charge in [0.2, 0.25) is 0 Å². The Hall–Kier alpha value is -1.02. The first-order valence-electron chi connectivity index (χ1n) is 4.64. The van der Waals surface area contributed by atoms with Crippen molar-refractivity contribution in [3.8, 4) is 5.75 Å². The quantitative estimate of drug-likeness (QED) is 0.773. The van der Waals surface area contributed by atoms with Crippen molar-refractivity contribution >= 4 is 0 Å². The molecular formula is C11H17NO. The molecule has 0 saturated heterocycles. The van der Waals surface area contributed by atoms with Crippen LogP contribution in [0, 0.1) is 6.92 Å². The van der Waals surface area contributed by atoms with Gasteiger partial charge in [-0.2, -0.15) is 0 Å². The van der Waals surface area contributed by atoms with Crippen molar-refractivity contribution in [1.82, 2.24) is 0 Å². The summed E-state index contributed by atoms with van der Waals surface area (Å²) in [5.74, 6) is 0.942. The Bertz CT molecular complexity index is 281. The predicted octanol–water partition coefficient (Wildman–Crippen LogP) is 2.41. The molecule has 1 aromatic carbocycles. The van der Waals surface area contributed by atoms with Crippen LogP contribution in [-0.2, 0) is 0 Å². The van der Waals surface area contributed by atoms with Crippen LogP contribution >= 0.6 is 0 Å². The van der Waals surface area contributed by atoms with Gasteiger partial charge >= 0.3 is 0 Å². The van der Waals surface area contributed by atoms with Gasteiger partial charge in [-0.05, 0) is 38.0 Å². The van der Waals surface area contributed by atoms with Crippen LogP contribution < -0.4 is 10.5 Å². The highest BCUT2D eigenvalue weighted by Crippen LogP contribution is 2.22. The zero-order chi connectivity index (χ0) is 9.84. The zero-order valence-corrected chi connectivity index (χ0v) is 8.50. The molecular weight excluding hydrogens is 162 g/mol. The molecule has 0 heterocycles. The summed E-state index contributed by atoms with van der Waals surface area (Å²) in [6.45, 7) is 6.69. The van der Waals surface area contributed by atoms with Gasteiger partial charge in [0, 0.05) is 6.04 Å². The fourth-order valence-corrected chi connectivity index (χ4v) is 1.21. The van der Waals surface area contributed by atoms with Crippen molar-refractivity contribution in [3.05, 3.63) is 29.3 Å². The standard InChI is InChI=1S/C11H17NO/c1-4-13-11-7-10(9(3)12)6-5-8(11)2/h5-7,9H,4,12H2,1-3H3. The van der Waals surface area contributed by atoms with Gasteiger partial charge in [-0.25, -0.2) is 0 Å². The van der Waals surface area contributed by atoms with Crippen LogP contribution in [0.2, 0.25) is 0 Å². The normalized spacial score (nSPS) is 12.6.